The highest BCUT2D eigenvalue weighted by molar-refractivity contribution is 5.89. The molecule has 0 bridgehead atoms. The van der Waals surface area contributed by atoms with E-state index in [1.54, 1.807) is 12.0 Å². The highest BCUT2D eigenvalue weighted by Gasteiger charge is 2.25. The molecule has 0 aromatic heterocycles. The fourth-order valence-corrected chi connectivity index (χ4v) is 2.36. The number of hydrogen-bond donors (Lipinski definition) is 2. The molecule has 5 heteroatoms. The maximum absolute atomic E-state index is 12.2. The number of likely N-dealkylation sites (tertiary alicyclic amines) is 1. The Hall–Kier alpha value is -1.59. The standard InChI is InChI=1S/C15H23N3O2/c1-11(16-2)12-5-4-6-13(9-12)17-15(19)18-8-7-14(10-18)20-3/h4-6,9,11,14,16H,7-8,10H2,1-3H3,(H,17,19). The van der Waals surface area contributed by atoms with E-state index < -0.39 is 0 Å². The van der Waals surface area contributed by atoms with Gasteiger partial charge in [-0.3, -0.25) is 0 Å². The number of anilines is 1. The van der Waals surface area contributed by atoms with Gasteiger partial charge in [0.15, 0.2) is 0 Å². The normalized spacial score (nSPS) is 19.9. The molecule has 1 heterocycles. The summed E-state index contributed by atoms with van der Waals surface area (Å²) in [7, 11) is 3.61. The van der Waals surface area contributed by atoms with Gasteiger partial charge in [-0.05, 0) is 38.1 Å². The van der Waals surface area contributed by atoms with Crippen molar-refractivity contribution < 1.29 is 9.53 Å². The molecule has 0 radical (unpaired) electrons. The summed E-state index contributed by atoms with van der Waals surface area (Å²) in [6, 6.07) is 8.13. The third kappa shape index (κ3) is 3.49. The molecule has 2 unspecified atom stereocenters. The number of urea groups is 1. The van der Waals surface area contributed by atoms with Gasteiger partial charge in [0.25, 0.3) is 0 Å². The first-order valence-corrected chi connectivity index (χ1v) is 7.00. The third-order valence-electron chi connectivity index (χ3n) is 3.84. The van der Waals surface area contributed by atoms with Crippen molar-refractivity contribution in [2.45, 2.75) is 25.5 Å². The summed E-state index contributed by atoms with van der Waals surface area (Å²) in [4.78, 5) is 14.0. The van der Waals surface area contributed by atoms with Gasteiger partial charge in [-0.2, -0.15) is 0 Å². The SMILES string of the molecule is CNC(C)c1cccc(NC(=O)N2CCC(OC)C2)c1. The average Bonchev–Trinajstić information content (AvgIpc) is 2.95. The van der Waals surface area contributed by atoms with E-state index in [0.717, 1.165) is 24.2 Å². The minimum atomic E-state index is -0.0567. The van der Waals surface area contributed by atoms with Crippen LogP contribution in [0.5, 0.6) is 0 Å². The predicted octanol–water partition coefficient (Wildman–Crippen LogP) is 2.22. The summed E-state index contributed by atoms with van der Waals surface area (Å²) >= 11 is 0. The number of carbonyl (C=O) groups excluding carboxylic acids is 1. The van der Waals surface area contributed by atoms with Gasteiger partial charge in [0, 0.05) is 31.9 Å². The van der Waals surface area contributed by atoms with Crippen molar-refractivity contribution in [1.82, 2.24) is 10.2 Å². The van der Waals surface area contributed by atoms with Crippen molar-refractivity contribution in [3.63, 3.8) is 0 Å². The van der Waals surface area contributed by atoms with Gasteiger partial charge < -0.3 is 20.3 Å². The molecule has 0 saturated carbocycles. The highest BCUT2D eigenvalue weighted by Crippen LogP contribution is 2.18. The Morgan fingerprint density at radius 2 is 2.30 bits per heavy atom. The van der Waals surface area contributed by atoms with Crippen molar-refractivity contribution in [2.75, 3.05) is 32.6 Å². The topological polar surface area (TPSA) is 53.6 Å². The Morgan fingerprint density at radius 1 is 1.50 bits per heavy atom. The van der Waals surface area contributed by atoms with E-state index in [1.807, 2.05) is 31.3 Å². The molecule has 1 aliphatic heterocycles. The van der Waals surface area contributed by atoms with Crippen LogP contribution in [-0.4, -0.2) is 44.3 Å². The molecule has 1 aromatic rings. The summed E-state index contributed by atoms with van der Waals surface area (Å²) in [6.45, 7) is 3.50. The maximum atomic E-state index is 12.2. The molecule has 5 nitrogen and oxygen atoms in total. The van der Waals surface area contributed by atoms with E-state index in [9.17, 15) is 4.79 Å². The lowest BCUT2D eigenvalue weighted by molar-refractivity contribution is 0.111. The van der Waals surface area contributed by atoms with Gasteiger partial charge in [0.05, 0.1) is 6.10 Å². The van der Waals surface area contributed by atoms with Gasteiger partial charge >= 0.3 is 6.03 Å². The molecule has 2 atom stereocenters. The monoisotopic (exact) mass is 277 g/mol. The van der Waals surface area contributed by atoms with E-state index in [0.29, 0.717) is 6.54 Å². The number of nitrogens with one attached hydrogen (secondary N) is 2. The Bertz CT molecular complexity index is 464. The van der Waals surface area contributed by atoms with Crippen molar-refractivity contribution in [3.8, 4) is 0 Å². The van der Waals surface area contributed by atoms with E-state index in [2.05, 4.69) is 17.6 Å². The predicted molar refractivity (Wildman–Crippen MR) is 79.9 cm³/mol. The first-order chi connectivity index (χ1) is 9.63. The smallest absolute Gasteiger partial charge is 0.321 e. The van der Waals surface area contributed by atoms with Crippen LogP contribution in [0.15, 0.2) is 24.3 Å². The zero-order valence-corrected chi connectivity index (χ0v) is 12.3. The molecule has 2 amide bonds. The number of ether oxygens (including phenoxy) is 1. The molecule has 1 saturated heterocycles. The highest BCUT2D eigenvalue weighted by atomic mass is 16.5. The fourth-order valence-electron chi connectivity index (χ4n) is 2.36. The Labute approximate surface area is 120 Å². The van der Waals surface area contributed by atoms with E-state index in [1.165, 1.54) is 0 Å². The summed E-state index contributed by atoms with van der Waals surface area (Å²) in [5.41, 5.74) is 1.98. The maximum Gasteiger partial charge on any atom is 0.321 e. The molecule has 2 N–H and O–H groups in total. The van der Waals surface area contributed by atoms with Crippen LogP contribution >= 0.6 is 0 Å². The van der Waals surface area contributed by atoms with Gasteiger partial charge in [-0.25, -0.2) is 4.79 Å². The second-order valence-electron chi connectivity index (χ2n) is 5.16. The van der Waals surface area contributed by atoms with Gasteiger partial charge in [-0.15, -0.1) is 0 Å². The number of amides is 2. The van der Waals surface area contributed by atoms with Crippen molar-refractivity contribution in [3.05, 3.63) is 29.8 Å². The minimum absolute atomic E-state index is 0.0567. The molecule has 1 aromatic carbocycles. The molecular formula is C15H23N3O2. The first kappa shape index (κ1) is 14.8. The van der Waals surface area contributed by atoms with Crippen LogP contribution < -0.4 is 10.6 Å². The van der Waals surface area contributed by atoms with Gasteiger partial charge in [0.1, 0.15) is 0 Å². The first-order valence-electron chi connectivity index (χ1n) is 7.00. The van der Waals surface area contributed by atoms with E-state index in [-0.39, 0.29) is 18.2 Å². The third-order valence-corrected chi connectivity index (χ3v) is 3.84. The molecule has 2 rings (SSSR count). The zero-order chi connectivity index (χ0) is 14.5. The quantitative estimate of drug-likeness (QED) is 0.887. The van der Waals surface area contributed by atoms with Gasteiger partial charge in [-0.1, -0.05) is 12.1 Å². The number of rotatable bonds is 4. The molecule has 20 heavy (non-hydrogen) atoms. The molecule has 0 aliphatic carbocycles. The summed E-state index contributed by atoms with van der Waals surface area (Å²) < 4.78 is 5.28. The zero-order valence-electron chi connectivity index (χ0n) is 12.3. The molecule has 0 spiro atoms. The van der Waals surface area contributed by atoms with E-state index in [4.69, 9.17) is 4.74 Å². The van der Waals surface area contributed by atoms with Gasteiger partial charge in [0.2, 0.25) is 0 Å². The summed E-state index contributed by atoms with van der Waals surface area (Å²) in [5.74, 6) is 0. The molecule has 1 aliphatic rings. The number of nitrogens with zero attached hydrogens (tertiary/aromatic N) is 1. The average molecular weight is 277 g/mol. The van der Waals surface area contributed by atoms with Crippen molar-refractivity contribution in [1.29, 1.82) is 0 Å². The Balaban J connectivity index is 1.98. The van der Waals surface area contributed by atoms with Crippen LogP contribution in [0.4, 0.5) is 10.5 Å². The molecule has 1 fully saturated rings. The number of benzene rings is 1. The lowest BCUT2D eigenvalue weighted by Gasteiger charge is -2.18. The Kier molecular flexibility index (Phi) is 4.98. The molecular weight excluding hydrogens is 254 g/mol. The number of hydrogen-bond acceptors (Lipinski definition) is 3. The van der Waals surface area contributed by atoms with Crippen LogP contribution in [-0.2, 0) is 4.74 Å². The van der Waals surface area contributed by atoms with Crippen LogP contribution in [0.25, 0.3) is 0 Å². The van der Waals surface area contributed by atoms with Crippen molar-refractivity contribution in [2.24, 2.45) is 0 Å². The number of methoxy groups -OCH3 is 1. The van der Waals surface area contributed by atoms with Crippen molar-refractivity contribution >= 4 is 11.7 Å². The van der Waals surface area contributed by atoms with E-state index >= 15 is 0 Å². The van der Waals surface area contributed by atoms with Crippen LogP contribution in [0.3, 0.4) is 0 Å². The summed E-state index contributed by atoms with van der Waals surface area (Å²) in [6.07, 6.45) is 1.07. The Morgan fingerprint density at radius 3 is 2.95 bits per heavy atom. The fraction of sp³-hybridized carbons (Fsp3) is 0.533. The van der Waals surface area contributed by atoms with Crippen LogP contribution in [0.1, 0.15) is 24.9 Å². The molecule has 110 valence electrons. The second kappa shape index (κ2) is 6.72. The number of carbonyl (C=O) groups is 1. The largest absolute Gasteiger partial charge is 0.380 e. The van der Waals surface area contributed by atoms with Crippen LogP contribution in [0, 0.1) is 0 Å². The second-order valence-corrected chi connectivity index (χ2v) is 5.16. The van der Waals surface area contributed by atoms with Crippen LogP contribution in [0.2, 0.25) is 0 Å². The minimum Gasteiger partial charge on any atom is -0.380 e. The lowest BCUT2D eigenvalue weighted by Crippen LogP contribution is -2.33. The summed E-state index contributed by atoms with van der Waals surface area (Å²) in [5, 5.41) is 6.14. The lowest BCUT2D eigenvalue weighted by atomic mass is 10.1.